The fraction of sp³-hybridized carbons (Fsp3) is 0.556. The first-order chi connectivity index (χ1) is 16.1. The molecule has 0 unspecified atom stereocenters. The van der Waals surface area contributed by atoms with Gasteiger partial charge in [0.15, 0.2) is 5.16 Å². The SMILES string of the molecule is CCCSc1nc(N2CCC(Cc3ccccc3)CC2)c2c3c(sc2n1)CO[C@@](C)(CC)C3. The van der Waals surface area contributed by atoms with Crippen LogP contribution in [0.25, 0.3) is 10.2 Å². The molecule has 1 atom stereocenters. The van der Waals surface area contributed by atoms with Gasteiger partial charge in [-0.3, -0.25) is 0 Å². The largest absolute Gasteiger partial charge is 0.369 e. The molecule has 2 aromatic heterocycles. The van der Waals surface area contributed by atoms with Gasteiger partial charge in [0.05, 0.1) is 17.6 Å². The lowest BCUT2D eigenvalue weighted by Gasteiger charge is -2.35. The summed E-state index contributed by atoms with van der Waals surface area (Å²) < 4.78 is 6.27. The van der Waals surface area contributed by atoms with Gasteiger partial charge in [-0.25, -0.2) is 9.97 Å². The van der Waals surface area contributed by atoms with Gasteiger partial charge >= 0.3 is 0 Å². The Morgan fingerprint density at radius 1 is 1.15 bits per heavy atom. The topological polar surface area (TPSA) is 38.2 Å². The summed E-state index contributed by atoms with van der Waals surface area (Å²) >= 11 is 3.62. The van der Waals surface area contributed by atoms with Crippen molar-refractivity contribution in [1.29, 1.82) is 0 Å². The van der Waals surface area contributed by atoms with Crippen LogP contribution in [0.2, 0.25) is 0 Å². The molecule has 4 nitrogen and oxygen atoms in total. The fourth-order valence-electron chi connectivity index (χ4n) is 5.04. The summed E-state index contributed by atoms with van der Waals surface area (Å²) in [5.74, 6) is 2.99. The Balaban J connectivity index is 1.44. The number of rotatable bonds is 7. The molecule has 0 amide bonds. The number of benzene rings is 1. The second kappa shape index (κ2) is 9.93. The van der Waals surface area contributed by atoms with Crippen LogP contribution in [0.15, 0.2) is 35.5 Å². The second-order valence-corrected chi connectivity index (χ2v) is 11.9. The van der Waals surface area contributed by atoms with E-state index in [1.165, 1.54) is 46.5 Å². The molecule has 0 spiro atoms. The van der Waals surface area contributed by atoms with Gasteiger partial charge in [0.1, 0.15) is 10.6 Å². The number of thiophene rings is 1. The third-order valence-corrected chi connectivity index (χ3v) is 9.41. The molecular weight excluding hydrogens is 446 g/mol. The van der Waals surface area contributed by atoms with Gasteiger partial charge in [-0.15, -0.1) is 11.3 Å². The van der Waals surface area contributed by atoms with Crippen LogP contribution in [-0.4, -0.2) is 34.4 Å². The summed E-state index contributed by atoms with van der Waals surface area (Å²) in [5, 5.41) is 2.24. The molecule has 176 valence electrons. The maximum atomic E-state index is 6.27. The summed E-state index contributed by atoms with van der Waals surface area (Å²) in [7, 11) is 0. The molecule has 5 rings (SSSR count). The van der Waals surface area contributed by atoms with Crippen LogP contribution >= 0.6 is 23.1 Å². The fourth-order valence-corrected chi connectivity index (χ4v) is 6.89. The van der Waals surface area contributed by atoms with Crippen LogP contribution in [0.1, 0.15) is 62.5 Å². The van der Waals surface area contributed by atoms with Crippen LogP contribution in [-0.2, 0) is 24.2 Å². The quantitative estimate of drug-likeness (QED) is 0.271. The highest BCUT2D eigenvalue weighted by Gasteiger charge is 2.34. The monoisotopic (exact) mass is 481 g/mol. The number of hydrogen-bond donors (Lipinski definition) is 0. The van der Waals surface area contributed by atoms with E-state index >= 15 is 0 Å². The number of hydrogen-bond acceptors (Lipinski definition) is 6. The lowest BCUT2D eigenvalue weighted by molar-refractivity contribution is -0.0543. The highest BCUT2D eigenvalue weighted by molar-refractivity contribution is 7.99. The number of aromatic nitrogens is 2. The van der Waals surface area contributed by atoms with Crippen molar-refractivity contribution in [2.45, 2.75) is 76.7 Å². The molecule has 0 N–H and O–H groups in total. The van der Waals surface area contributed by atoms with Gasteiger partial charge in [0, 0.05) is 30.1 Å². The molecule has 1 saturated heterocycles. The Labute approximate surface area is 206 Å². The van der Waals surface area contributed by atoms with Crippen LogP contribution < -0.4 is 4.90 Å². The predicted molar refractivity (Wildman–Crippen MR) is 141 cm³/mol. The smallest absolute Gasteiger partial charge is 0.190 e. The summed E-state index contributed by atoms with van der Waals surface area (Å²) in [4.78, 5) is 15.2. The zero-order chi connectivity index (χ0) is 22.8. The van der Waals surface area contributed by atoms with Crippen molar-refractivity contribution >= 4 is 39.1 Å². The number of ether oxygens (including phenoxy) is 1. The van der Waals surface area contributed by atoms with Gasteiger partial charge in [0.2, 0.25) is 0 Å². The molecule has 3 aromatic rings. The lowest BCUT2D eigenvalue weighted by atomic mass is 9.89. The van der Waals surface area contributed by atoms with Gasteiger partial charge in [-0.05, 0) is 56.1 Å². The van der Waals surface area contributed by atoms with Crippen LogP contribution in [0, 0.1) is 5.92 Å². The minimum atomic E-state index is -0.0867. The van der Waals surface area contributed by atoms with Gasteiger partial charge < -0.3 is 9.64 Å². The predicted octanol–water partition coefficient (Wildman–Crippen LogP) is 6.89. The third-order valence-electron chi connectivity index (χ3n) is 7.26. The molecule has 0 aliphatic carbocycles. The molecular formula is C27H35N3OS2. The van der Waals surface area contributed by atoms with E-state index in [1.807, 2.05) is 11.3 Å². The van der Waals surface area contributed by atoms with E-state index in [4.69, 9.17) is 14.7 Å². The molecule has 2 aliphatic rings. The van der Waals surface area contributed by atoms with Crippen molar-refractivity contribution in [3.05, 3.63) is 46.3 Å². The molecule has 2 aliphatic heterocycles. The molecule has 33 heavy (non-hydrogen) atoms. The van der Waals surface area contributed by atoms with E-state index in [-0.39, 0.29) is 5.60 Å². The van der Waals surface area contributed by atoms with E-state index in [0.717, 1.165) is 54.0 Å². The first kappa shape index (κ1) is 23.1. The van der Waals surface area contributed by atoms with Gasteiger partial charge in [-0.2, -0.15) is 0 Å². The average Bonchev–Trinajstić information content (AvgIpc) is 3.20. The Morgan fingerprint density at radius 3 is 2.67 bits per heavy atom. The maximum absolute atomic E-state index is 6.27. The van der Waals surface area contributed by atoms with E-state index in [9.17, 15) is 0 Å². The van der Waals surface area contributed by atoms with Crippen molar-refractivity contribution in [3.8, 4) is 0 Å². The Bertz CT molecular complexity index is 1090. The molecule has 4 heterocycles. The van der Waals surface area contributed by atoms with E-state index in [1.54, 1.807) is 11.8 Å². The molecule has 1 aromatic carbocycles. The number of thioether (sulfide) groups is 1. The Kier molecular flexibility index (Phi) is 6.96. The zero-order valence-electron chi connectivity index (χ0n) is 20.1. The standard InChI is InChI=1S/C27H35N3OS2/c1-4-15-32-26-28-24(30-13-11-20(12-14-30)16-19-9-7-6-8-10-19)23-21-17-27(3,5-2)31-18-22(21)33-25(23)29-26/h6-10,20H,4-5,11-18H2,1-3H3/t27-/m0/s1. The normalized spacial score (nSPS) is 21.5. The van der Waals surface area contributed by atoms with E-state index < -0.39 is 0 Å². The van der Waals surface area contributed by atoms with Crippen LogP contribution in [0.5, 0.6) is 0 Å². The first-order valence-corrected chi connectivity index (χ1v) is 14.3. The number of nitrogens with zero attached hydrogens (tertiary/aromatic N) is 3. The van der Waals surface area contributed by atoms with Gasteiger partial charge in [-0.1, -0.05) is 55.9 Å². The van der Waals surface area contributed by atoms with Crippen LogP contribution in [0.3, 0.4) is 0 Å². The second-order valence-electron chi connectivity index (χ2n) is 9.75. The van der Waals surface area contributed by atoms with Crippen molar-refractivity contribution in [3.63, 3.8) is 0 Å². The zero-order valence-corrected chi connectivity index (χ0v) is 21.7. The highest BCUT2D eigenvalue weighted by Crippen LogP contribution is 2.44. The Morgan fingerprint density at radius 2 is 1.94 bits per heavy atom. The molecule has 1 fully saturated rings. The number of fused-ring (bicyclic) bond motifs is 3. The van der Waals surface area contributed by atoms with Gasteiger partial charge in [0.25, 0.3) is 0 Å². The third kappa shape index (κ3) is 4.94. The van der Waals surface area contributed by atoms with E-state index in [0.29, 0.717) is 6.61 Å². The molecule has 6 heteroatoms. The number of anilines is 1. The van der Waals surface area contributed by atoms with E-state index in [2.05, 4.69) is 56.0 Å². The first-order valence-electron chi connectivity index (χ1n) is 12.5. The minimum absolute atomic E-state index is 0.0867. The van der Waals surface area contributed by atoms with Crippen molar-refractivity contribution in [2.75, 3.05) is 23.7 Å². The Hall–Kier alpha value is -1.63. The molecule has 0 saturated carbocycles. The summed E-state index contributed by atoms with van der Waals surface area (Å²) in [5.41, 5.74) is 2.82. The molecule has 0 radical (unpaired) electrons. The van der Waals surface area contributed by atoms with Crippen molar-refractivity contribution in [1.82, 2.24) is 9.97 Å². The van der Waals surface area contributed by atoms with Crippen molar-refractivity contribution in [2.24, 2.45) is 5.92 Å². The minimum Gasteiger partial charge on any atom is -0.369 e. The summed E-state index contributed by atoms with van der Waals surface area (Å²) in [6, 6.07) is 11.0. The maximum Gasteiger partial charge on any atom is 0.190 e. The highest BCUT2D eigenvalue weighted by atomic mass is 32.2. The number of piperidine rings is 1. The lowest BCUT2D eigenvalue weighted by Crippen LogP contribution is -2.36. The average molecular weight is 482 g/mol. The van der Waals surface area contributed by atoms with Crippen molar-refractivity contribution < 1.29 is 4.74 Å². The summed E-state index contributed by atoms with van der Waals surface area (Å²) in [6.45, 7) is 9.56. The molecule has 0 bridgehead atoms. The van der Waals surface area contributed by atoms with Crippen LogP contribution in [0.4, 0.5) is 5.82 Å². The summed E-state index contributed by atoms with van der Waals surface area (Å²) in [6.07, 6.45) is 6.75.